The molecule has 288 valence electrons. The number of anilines is 3. The Balaban J connectivity index is 1.20. The number of nitrogens with zero attached hydrogens (tertiary/aromatic N) is 1. The Morgan fingerprint density at radius 1 is 0.197 bits per heavy atom. The lowest BCUT2D eigenvalue weighted by molar-refractivity contribution is 1.28. The molecule has 1 heteroatoms. The van der Waals surface area contributed by atoms with Gasteiger partial charge >= 0.3 is 0 Å². The average molecular weight is 778 g/mol. The van der Waals surface area contributed by atoms with Crippen LogP contribution in [0, 0.1) is 0 Å². The lowest BCUT2D eigenvalue weighted by Crippen LogP contribution is -2.12. The predicted octanol–water partition coefficient (Wildman–Crippen LogP) is 16.8. The summed E-state index contributed by atoms with van der Waals surface area (Å²) in [6, 6.07) is 94.1. The Morgan fingerprint density at radius 3 is 1.11 bits per heavy atom. The van der Waals surface area contributed by atoms with Crippen molar-refractivity contribution in [3.8, 4) is 77.9 Å². The molecule has 0 fully saturated rings. The molecule has 10 aromatic rings. The molecule has 0 heterocycles. The average Bonchev–Trinajstić information content (AvgIpc) is 3.35. The van der Waals surface area contributed by atoms with Crippen LogP contribution in [0.4, 0.5) is 17.1 Å². The van der Waals surface area contributed by atoms with Crippen LogP contribution >= 0.6 is 0 Å². The quantitative estimate of drug-likeness (QED) is 0.134. The van der Waals surface area contributed by atoms with Crippen molar-refractivity contribution >= 4 is 17.1 Å². The van der Waals surface area contributed by atoms with Crippen LogP contribution in [0.25, 0.3) is 77.9 Å². The third-order valence-electron chi connectivity index (χ3n) is 11.5. The fourth-order valence-corrected chi connectivity index (χ4v) is 8.58. The highest BCUT2D eigenvalue weighted by Gasteiger charge is 2.23. The van der Waals surface area contributed by atoms with Gasteiger partial charge in [-0.1, -0.05) is 224 Å². The van der Waals surface area contributed by atoms with Gasteiger partial charge < -0.3 is 4.90 Å². The van der Waals surface area contributed by atoms with E-state index in [0.717, 1.165) is 39.3 Å². The van der Waals surface area contributed by atoms with Crippen molar-refractivity contribution in [1.29, 1.82) is 0 Å². The van der Waals surface area contributed by atoms with Gasteiger partial charge in [0.1, 0.15) is 0 Å². The van der Waals surface area contributed by atoms with Crippen LogP contribution in [0.3, 0.4) is 0 Å². The molecule has 0 N–H and O–H groups in total. The molecule has 0 unspecified atom stereocenters. The van der Waals surface area contributed by atoms with Crippen LogP contribution in [0.1, 0.15) is 0 Å². The fraction of sp³-hybridized carbons (Fsp3) is 0. The maximum absolute atomic E-state index is 2.45. The molecular formula is C60H43N. The van der Waals surface area contributed by atoms with E-state index < -0.39 is 0 Å². The first-order valence-corrected chi connectivity index (χ1v) is 20.9. The molecule has 0 spiro atoms. The van der Waals surface area contributed by atoms with Crippen LogP contribution < -0.4 is 4.90 Å². The Labute approximate surface area is 359 Å². The number of hydrogen-bond acceptors (Lipinski definition) is 1. The molecule has 0 bridgehead atoms. The second-order valence-electron chi connectivity index (χ2n) is 15.3. The SMILES string of the molecule is c1ccc(-c2cccc(N(c3ccc(-c4ccccc4-c4ccccc4-c4ccccc4)cc3)c3cc(-c4ccccc4)cc(-c4ccccc4)c3-c3ccccc3)c2)cc1. The molecular weight excluding hydrogens is 735 g/mol. The van der Waals surface area contributed by atoms with E-state index in [2.05, 4.69) is 266 Å². The molecule has 10 aromatic carbocycles. The summed E-state index contributed by atoms with van der Waals surface area (Å²) in [6.07, 6.45) is 0. The van der Waals surface area contributed by atoms with Crippen LogP contribution in [0.2, 0.25) is 0 Å². The van der Waals surface area contributed by atoms with Gasteiger partial charge in [0.25, 0.3) is 0 Å². The van der Waals surface area contributed by atoms with Crippen molar-refractivity contribution in [2.75, 3.05) is 4.90 Å². The first kappa shape index (κ1) is 37.3. The van der Waals surface area contributed by atoms with E-state index in [1.165, 1.54) is 55.6 Å². The summed E-state index contributed by atoms with van der Waals surface area (Å²) in [5.41, 5.74) is 19.8. The molecule has 0 amide bonds. The van der Waals surface area contributed by atoms with Crippen LogP contribution in [0.15, 0.2) is 261 Å². The van der Waals surface area contributed by atoms with E-state index in [4.69, 9.17) is 0 Å². The second-order valence-corrected chi connectivity index (χ2v) is 15.3. The van der Waals surface area contributed by atoms with Gasteiger partial charge in [-0.3, -0.25) is 0 Å². The van der Waals surface area contributed by atoms with Crippen molar-refractivity contribution in [2.24, 2.45) is 0 Å². The normalized spacial score (nSPS) is 11.0. The number of rotatable bonds is 10. The monoisotopic (exact) mass is 777 g/mol. The Kier molecular flexibility index (Phi) is 10.4. The molecule has 0 aliphatic heterocycles. The molecule has 0 atom stereocenters. The Bertz CT molecular complexity index is 3030. The maximum Gasteiger partial charge on any atom is 0.0552 e. The molecule has 0 radical (unpaired) electrons. The standard InChI is InChI=1S/C60H43N/c1-6-21-44(22-7-1)50-31-20-32-53(41-50)61(52-39-37-48(38-40-52)55-34-17-19-36-57(55)56-35-18-16-33-54(56)46-25-10-3-11-26-46)59-43-51(45-23-8-2-9-24-45)42-58(47-27-12-4-13-28-47)60(59)49-29-14-5-15-30-49/h1-43H. The highest BCUT2D eigenvalue weighted by molar-refractivity contribution is 6.00. The molecule has 0 aliphatic rings. The van der Waals surface area contributed by atoms with Gasteiger partial charge in [-0.2, -0.15) is 0 Å². The molecule has 0 saturated carbocycles. The highest BCUT2D eigenvalue weighted by atomic mass is 15.1. The van der Waals surface area contributed by atoms with E-state index in [9.17, 15) is 0 Å². The van der Waals surface area contributed by atoms with E-state index in [1.54, 1.807) is 0 Å². The van der Waals surface area contributed by atoms with Crippen molar-refractivity contribution in [3.05, 3.63) is 261 Å². The Morgan fingerprint density at radius 2 is 0.590 bits per heavy atom. The van der Waals surface area contributed by atoms with Gasteiger partial charge in [0.05, 0.1) is 5.69 Å². The van der Waals surface area contributed by atoms with E-state index in [-0.39, 0.29) is 0 Å². The third-order valence-corrected chi connectivity index (χ3v) is 11.5. The summed E-state index contributed by atoms with van der Waals surface area (Å²) in [4.78, 5) is 2.45. The van der Waals surface area contributed by atoms with Gasteiger partial charge in [0.2, 0.25) is 0 Å². The Hall–Kier alpha value is -8.00. The summed E-state index contributed by atoms with van der Waals surface area (Å²) >= 11 is 0. The van der Waals surface area contributed by atoms with Crippen molar-refractivity contribution in [3.63, 3.8) is 0 Å². The first-order valence-electron chi connectivity index (χ1n) is 20.9. The van der Waals surface area contributed by atoms with Crippen LogP contribution in [-0.2, 0) is 0 Å². The van der Waals surface area contributed by atoms with E-state index in [0.29, 0.717) is 0 Å². The molecule has 61 heavy (non-hydrogen) atoms. The van der Waals surface area contributed by atoms with Gasteiger partial charge in [0, 0.05) is 16.9 Å². The molecule has 0 aliphatic carbocycles. The zero-order valence-electron chi connectivity index (χ0n) is 33.8. The lowest BCUT2D eigenvalue weighted by Gasteiger charge is -2.30. The topological polar surface area (TPSA) is 3.24 Å². The lowest BCUT2D eigenvalue weighted by atomic mass is 9.88. The summed E-state index contributed by atoms with van der Waals surface area (Å²) in [5, 5.41) is 0. The van der Waals surface area contributed by atoms with Crippen molar-refractivity contribution < 1.29 is 0 Å². The highest BCUT2D eigenvalue weighted by Crippen LogP contribution is 2.49. The van der Waals surface area contributed by atoms with Crippen molar-refractivity contribution in [1.82, 2.24) is 0 Å². The second kappa shape index (κ2) is 17.1. The molecule has 0 aromatic heterocycles. The van der Waals surface area contributed by atoms with E-state index in [1.807, 2.05) is 0 Å². The summed E-state index contributed by atoms with van der Waals surface area (Å²) in [5.74, 6) is 0. The van der Waals surface area contributed by atoms with Gasteiger partial charge in [-0.15, -0.1) is 0 Å². The zero-order chi connectivity index (χ0) is 40.8. The predicted molar refractivity (Wildman–Crippen MR) is 259 cm³/mol. The zero-order valence-corrected chi connectivity index (χ0v) is 33.8. The summed E-state index contributed by atoms with van der Waals surface area (Å²) in [6.45, 7) is 0. The van der Waals surface area contributed by atoms with Gasteiger partial charge in [0.15, 0.2) is 0 Å². The van der Waals surface area contributed by atoms with Gasteiger partial charge in [-0.25, -0.2) is 0 Å². The molecule has 0 saturated heterocycles. The summed E-state index contributed by atoms with van der Waals surface area (Å²) < 4.78 is 0. The molecule has 10 rings (SSSR count). The number of benzene rings is 10. The van der Waals surface area contributed by atoms with Crippen molar-refractivity contribution in [2.45, 2.75) is 0 Å². The maximum atomic E-state index is 2.45. The van der Waals surface area contributed by atoms with E-state index >= 15 is 0 Å². The minimum Gasteiger partial charge on any atom is -0.310 e. The summed E-state index contributed by atoms with van der Waals surface area (Å²) in [7, 11) is 0. The number of hydrogen-bond donors (Lipinski definition) is 0. The first-order chi connectivity index (χ1) is 30.3. The minimum atomic E-state index is 1.07. The minimum absolute atomic E-state index is 1.07. The largest absolute Gasteiger partial charge is 0.310 e. The van der Waals surface area contributed by atoms with Gasteiger partial charge in [-0.05, 0) is 109 Å². The van der Waals surface area contributed by atoms with Crippen LogP contribution in [-0.4, -0.2) is 0 Å². The van der Waals surface area contributed by atoms with Crippen LogP contribution in [0.5, 0.6) is 0 Å². The third kappa shape index (κ3) is 7.69. The smallest absolute Gasteiger partial charge is 0.0552 e. The molecule has 1 nitrogen and oxygen atoms in total. The fourth-order valence-electron chi connectivity index (χ4n) is 8.58.